The predicted octanol–water partition coefficient (Wildman–Crippen LogP) is 4.02. The van der Waals surface area contributed by atoms with Crippen LogP contribution < -0.4 is 15.8 Å². The fraction of sp³-hybridized carbons (Fsp3) is 0.250. The van der Waals surface area contributed by atoms with E-state index in [0.29, 0.717) is 18.0 Å². The smallest absolute Gasteiger partial charge is 0.146 e. The van der Waals surface area contributed by atoms with Crippen molar-refractivity contribution in [3.05, 3.63) is 57.8 Å². The second kappa shape index (κ2) is 6.91. The molecule has 2 aromatic carbocycles. The van der Waals surface area contributed by atoms with Crippen LogP contribution >= 0.6 is 15.9 Å². The monoisotopic (exact) mass is 352 g/mol. The average molecular weight is 353 g/mol. The fourth-order valence-electron chi connectivity index (χ4n) is 2.09. The fourth-order valence-corrected chi connectivity index (χ4v) is 2.34. The molecule has 0 heterocycles. The molecule has 21 heavy (non-hydrogen) atoms. The van der Waals surface area contributed by atoms with Gasteiger partial charge in [-0.25, -0.2) is 4.39 Å². The highest BCUT2D eigenvalue weighted by Crippen LogP contribution is 2.27. The zero-order valence-electron chi connectivity index (χ0n) is 12.0. The molecule has 0 aliphatic rings. The van der Waals surface area contributed by atoms with Gasteiger partial charge in [0.1, 0.15) is 11.6 Å². The van der Waals surface area contributed by atoms with Crippen LogP contribution in [-0.2, 0) is 0 Å². The highest BCUT2D eigenvalue weighted by atomic mass is 79.9. The lowest BCUT2D eigenvalue weighted by molar-refractivity contribution is 0.414. The normalized spacial score (nSPS) is 12.0. The van der Waals surface area contributed by atoms with Gasteiger partial charge in [0.15, 0.2) is 0 Å². The molecule has 3 N–H and O–H groups in total. The Morgan fingerprint density at radius 1 is 1.29 bits per heavy atom. The molecule has 0 aliphatic heterocycles. The third-order valence-corrected chi connectivity index (χ3v) is 4.21. The van der Waals surface area contributed by atoms with Crippen molar-refractivity contribution in [2.45, 2.75) is 13.0 Å². The van der Waals surface area contributed by atoms with Gasteiger partial charge in [-0.15, -0.1) is 0 Å². The van der Waals surface area contributed by atoms with E-state index in [2.05, 4.69) is 21.2 Å². The van der Waals surface area contributed by atoms with Crippen LogP contribution in [0.25, 0.3) is 0 Å². The predicted molar refractivity (Wildman–Crippen MR) is 87.2 cm³/mol. The number of aryl methyl sites for hydroxylation is 1. The number of benzene rings is 2. The zero-order chi connectivity index (χ0) is 15.4. The number of rotatable bonds is 5. The molecule has 0 amide bonds. The van der Waals surface area contributed by atoms with Gasteiger partial charge in [-0.05, 0) is 36.2 Å². The summed E-state index contributed by atoms with van der Waals surface area (Å²) in [7, 11) is 1.55. The molecule has 2 aromatic rings. The molecule has 0 radical (unpaired) electrons. The van der Waals surface area contributed by atoms with Gasteiger partial charge >= 0.3 is 0 Å². The van der Waals surface area contributed by atoms with Crippen LogP contribution in [0.4, 0.5) is 10.1 Å². The number of nitrogens with one attached hydrogen (secondary N) is 1. The summed E-state index contributed by atoms with van der Waals surface area (Å²) in [4.78, 5) is 0. The first-order chi connectivity index (χ1) is 10.0. The summed E-state index contributed by atoms with van der Waals surface area (Å²) in [5.41, 5.74) is 8.34. The molecule has 5 heteroatoms. The Morgan fingerprint density at radius 3 is 2.67 bits per heavy atom. The van der Waals surface area contributed by atoms with E-state index < -0.39 is 0 Å². The minimum atomic E-state index is -0.330. The van der Waals surface area contributed by atoms with Crippen molar-refractivity contribution in [1.29, 1.82) is 0 Å². The van der Waals surface area contributed by atoms with Crippen LogP contribution in [0.5, 0.6) is 5.75 Å². The second-order valence-electron chi connectivity index (χ2n) is 4.79. The lowest BCUT2D eigenvalue weighted by Crippen LogP contribution is -2.21. The molecule has 0 spiro atoms. The molecule has 2 rings (SSSR count). The van der Waals surface area contributed by atoms with Crippen molar-refractivity contribution in [2.75, 3.05) is 19.0 Å². The molecular weight excluding hydrogens is 335 g/mol. The van der Waals surface area contributed by atoms with Crippen LogP contribution in [0.2, 0.25) is 0 Å². The second-order valence-corrected chi connectivity index (χ2v) is 5.64. The van der Waals surface area contributed by atoms with Crippen molar-refractivity contribution in [3.8, 4) is 5.75 Å². The highest BCUT2D eigenvalue weighted by Gasteiger charge is 2.13. The van der Waals surface area contributed by atoms with Gasteiger partial charge in [-0.1, -0.05) is 28.1 Å². The van der Waals surface area contributed by atoms with Gasteiger partial charge in [0.2, 0.25) is 0 Å². The molecule has 112 valence electrons. The molecule has 0 saturated carbocycles. The summed E-state index contributed by atoms with van der Waals surface area (Å²) in [5, 5.41) is 3.14. The summed E-state index contributed by atoms with van der Waals surface area (Å²) >= 11 is 3.47. The molecule has 0 aliphatic carbocycles. The van der Waals surface area contributed by atoms with E-state index in [4.69, 9.17) is 10.5 Å². The Kier molecular flexibility index (Phi) is 5.20. The van der Waals surface area contributed by atoms with Gasteiger partial charge in [-0.2, -0.15) is 0 Å². The Labute approximate surface area is 132 Å². The number of halogens is 2. The summed E-state index contributed by atoms with van der Waals surface area (Å²) in [5.74, 6) is 0.268. The molecule has 1 unspecified atom stereocenters. The highest BCUT2D eigenvalue weighted by molar-refractivity contribution is 9.10. The number of hydrogen-bond donors (Lipinski definition) is 2. The molecule has 0 saturated heterocycles. The largest absolute Gasteiger partial charge is 0.497 e. The third-order valence-electron chi connectivity index (χ3n) is 3.32. The Morgan fingerprint density at radius 2 is 2.05 bits per heavy atom. The van der Waals surface area contributed by atoms with Crippen LogP contribution in [0.1, 0.15) is 17.2 Å². The number of hydrogen-bond acceptors (Lipinski definition) is 3. The molecule has 1 atom stereocenters. The maximum atomic E-state index is 13.9. The van der Waals surface area contributed by atoms with Gasteiger partial charge < -0.3 is 15.8 Å². The van der Waals surface area contributed by atoms with Crippen LogP contribution in [0, 0.1) is 12.7 Å². The quantitative estimate of drug-likeness (QED) is 0.854. The topological polar surface area (TPSA) is 47.3 Å². The summed E-state index contributed by atoms with van der Waals surface area (Å²) in [6.07, 6.45) is 0. The van der Waals surface area contributed by atoms with Crippen molar-refractivity contribution in [1.82, 2.24) is 0 Å². The summed E-state index contributed by atoms with van der Waals surface area (Å²) < 4.78 is 20.1. The van der Waals surface area contributed by atoms with E-state index in [1.54, 1.807) is 19.2 Å². The molecular formula is C16H18BrFN2O. The SMILES string of the molecule is COc1ccc(F)c(NC(CN)c2ccc(Br)c(C)c2)c1. The van der Waals surface area contributed by atoms with Crippen molar-refractivity contribution >= 4 is 21.6 Å². The first-order valence-corrected chi connectivity index (χ1v) is 7.40. The minimum absolute atomic E-state index is 0.168. The third kappa shape index (κ3) is 3.74. The number of methoxy groups -OCH3 is 1. The summed E-state index contributed by atoms with van der Waals surface area (Å²) in [6, 6.07) is 10.4. The standard InChI is InChI=1S/C16H18BrFN2O/c1-10-7-11(3-5-13(10)17)16(9-19)20-15-8-12(21-2)4-6-14(15)18/h3-8,16,20H,9,19H2,1-2H3. The van der Waals surface area contributed by atoms with Crippen LogP contribution in [0.15, 0.2) is 40.9 Å². The van der Waals surface area contributed by atoms with E-state index >= 15 is 0 Å². The van der Waals surface area contributed by atoms with E-state index in [-0.39, 0.29) is 11.9 Å². The first-order valence-electron chi connectivity index (χ1n) is 6.61. The molecule has 0 aromatic heterocycles. The lowest BCUT2D eigenvalue weighted by Gasteiger charge is -2.20. The van der Waals surface area contributed by atoms with Crippen LogP contribution in [-0.4, -0.2) is 13.7 Å². The van der Waals surface area contributed by atoms with E-state index in [0.717, 1.165) is 15.6 Å². The van der Waals surface area contributed by atoms with E-state index in [9.17, 15) is 4.39 Å². The maximum absolute atomic E-state index is 13.9. The van der Waals surface area contributed by atoms with E-state index in [1.165, 1.54) is 6.07 Å². The Bertz CT molecular complexity index is 634. The van der Waals surface area contributed by atoms with Gasteiger partial charge in [-0.3, -0.25) is 0 Å². The number of nitrogens with two attached hydrogens (primary N) is 1. The van der Waals surface area contributed by atoms with Crippen LogP contribution in [0.3, 0.4) is 0 Å². The minimum Gasteiger partial charge on any atom is -0.497 e. The van der Waals surface area contributed by atoms with E-state index in [1.807, 2.05) is 25.1 Å². The van der Waals surface area contributed by atoms with Crippen molar-refractivity contribution in [2.24, 2.45) is 5.73 Å². The lowest BCUT2D eigenvalue weighted by atomic mass is 10.0. The van der Waals surface area contributed by atoms with Crippen molar-refractivity contribution < 1.29 is 9.13 Å². The first kappa shape index (κ1) is 15.8. The van der Waals surface area contributed by atoms with Gasteiger partial charge in [0.25, 0.3) is 0 Å². The number of anilines is 1. The number of ether oxygens (including phenoxy) is 1. The average Bonchev–Trinajstić information content (AvgIpc) is 2.49. The Hall–Kier alpha value is -1.59. The maximum Gasteiger partial charge on any atom is 0.146 e. The van der Waals surface area contributed by atoms with Gasteiger partial charge in [0, 0.05) is 17.1 Å². The molecule has 3 nitrogen and oxygen atoms in total. The Balaban J connectivity index is 2.28. The zero-order valence-corrected chi connectivity index (χ0v) is 13.6. The molecule has 0 fully saturated rings. The van der Waals surface area contributed by atoms with Crippen molar-refractivity contribution in [3.63, 3.8) is 0 Å². The van der Waals surface area contributed by atoms with Gasteiger partial charge in [0.05, 0.1) is 18.8 Å². The molecule has 0 bridgehead atoms. The summed E-state index contributed by atoms with van der Waals surface area (Å²) in [6.45, 7) is 2.37.